The highest BCUT2D eigenvalue weighted by Crippen LogP contribution is 2.25. The van der Waals surface area contributed by atoms with Crippen LogP contribution >= 0.6 is 0 Å². The fraction of sp³-hybridized carbons (Fsp3) is 0.706. The van der Waals surface area contributed by atoms with Gasteiger partial charge in [-0.3, -0.25) is 4.90 Å². The Morgan fingerprint density at radius 1 is 1.23 bits per heavy atom. The lowest BCUT2D eigenvalue weighted by Crippen LogP contribution is -2.48. The molecule has 3 heterocycles. The molecule has 122 valence electrons. The number of anilines is 1. The highest BCUT2D eigenvalue weighted by atomic mass is 19.1. The van der Waals surface area contributed by atoms with Gasteiger partial charge in [0, 0.05) is 38.9 Å². The van der Waals surface area contributed by atoms with E-state index >= 15 is 0 Å². The number of aromatic nitrogens is 1. The Kier molecular flexibility index (Phi) is 4.93. The molecule has 2 aliphatic heterocycles. The zero-order valence-electron chi connectivity index (χ0n) is 13.5. The van der Waals surface area contributed by atoms with Crippen LogP contribution < -0.4 is 4.90 Å². The van der Waals surface area contributed by atoms with Gasteiger partial charge in [0.15, 0.2) is 11.6 Å². The van der Waals surface area contributed by atoms with Crippen molar-refractivity contribution in [3.8, 4) is 0 Å². The summed E-state index contributed by atoms with van der Waals surface area (Å²) in [5.74, 6) is 0.992. The molecule has 0 radical (unpaired) electrons. The number of pyridine rings is 1. The quantitative estimate of drug-likeness (QED) is 0.858. The van der Waals surface area contributed by atoms with E-state index in [0.29, 0.717) is 23.9 Å². The maximum absolute atomic E-state index is 13.8. The number of hydrogen-bond donors (Lipinski definition) is 0. The van der Waals surface area contributed by atoms with Crippen LogP contribution in [-0.2, 0) is 4.74 Å². The molecule has 0 aromatic carbocycles. The number of hydrogen-bond acceptors (Lipinski definition) is 4. The third-order valence-corrected chi connectivity index (χ3v) is 4.66. The summed E-state index contributed by atoms with van der Waals surface area (Å²) in [6.45, 7) is 9.28. The first-order chi connectivity index (χ1) is 10.6. The van der Waals surface area contributed by atoms with E-state index in [1.54, 1.807) is 12.3 Å². The Labute approximate surface area is 132 Å². The van der Waals surface area contributed by atoms with E-state index in [-0.39, 0.29) is 5.82 Å². The van der Waals surface area contributed by atoms with Gasteiger partial charge in [0.05, 0.1) is 12.2 Å². The molecule has 3 rings (SSSR count). The van der Waals surface area contributed by atoms with Crippen LogP contribution in [0.25, 0.3) is 0 Å². The maximum atomic E-state index is 13.8. The largest absolute Gasteiger partial charge is 0.373 e. The van der Waals surface area contributed by atoms with Gasteiger partial charge in [0.25, 0.3) is 0 Å². The molecule has 1 aromatic rings. The molecule has 0 amide bonds. The lowest BCUT2D eigenvalue weighted by molar-refractivity contribution is -0.0720. The Bertz CT molecular complexity index is 481. The van der Waals surface area contributed by atoms with Crippen LogP contribution in [0.3, 0.4) is 0 Å². The van der Waals surface area contributed by atoms with Gasteiger partial charge in [-0.1, -0.05) is 0 Å². The van der Waals surface area contributed by atoms with E-state index in [0.717, 1.165) is 45.6 Å². The normalized spacial score (nSPS) is 28.0. The predicted octanol–water partition coefficient (Wildman–Crippen LogP) is 2.55. The lowest BCUT2D eigenvalue weighted by Gasteiger charge is -2.39. The van der Waals surface area contributed by atoms with Crippen molar-refractivity contribution < 1.29 is 9.13 Å². The van der Waals surface area contributed by atoms with Crippen LogP contribution in [0.5, 0.6) is 0 Å². The lowest BCUT2D eigenvalue weighted by atomic mass is 9.95. The zero-order valence-corrected chi connectivity index (χ0v) is 13.5. The molecule has 1 aromatic heterocycles. The summed E-state index contributed by atoms with van der Waals surface area (Å²) in [5, 5.41) is 0. The fourth-order valence-corrected chi connectivity index (χ4v) is 3.74. The average Bonchev–Trinajstić information content (AvgIpc) is 2.48. The number of ether oxygens (including phenoxy) is 1. The van der Waals surface area contributed by atoms with Crippen molar-refractivity contribution in [2.24, 2.45) is 5.92 Å². The molecular formula is C17H26FN3O. The summed E-state index contributed by atoms with van der Waals surface area (Å²) in [4.78, 5) is 8.79. The molecule has 4 nitrogen and oxygen atoms in total. The minimum atomic E-state index is -0.211. The fourth-order valence-electron chi connectivity index (χ4n) is 3.74. The zero-order chi connectivity index (χ0) is 15.5. The first-order valence-electron chi connectivity index (χ1n) is 8.35. The second-order valence-corrected chi connectivity index (χ2v) is 6.72. The van der Waals surface area contributed by atoms with Crippen molar-refractivity contribution in [3.05, 3.63) is 24.1 Å². The Morgan fingerprint density at radius 2 is 1.91 bits per heavy atom. The first kappa shape index (κ1) is 15.7. The third kappa shape index (κ3) is 3.76. The van der Waals surface area contributed by atoms with Crippen molar-refractivity contribution in [3.63, 3.8) is 0 Å². The SMILES string of the molecule is C[C@H]1CN(CC2CCN(c3ncccc3F)CC2)C[C@H](C)O1. The Morgan fingerprint density at radius 3 is 2.55 bits per heavy atom. The molecule has 5 heteroatoms. The number of morpholine rings is 1. The molecule has 22 heavy (non-hydrogen) atoms. The summed E-state index contributed by atoms with van der Waals surface area (Å²) in [6, 6.07) is 3.14. The van der Waals surface area contributed by atoms with Crippen molar-refractivity contribution in [2.75, 3.05) is 37.6 Å². The van der Waals surface area contributed by atoms with Crippen LogP contribution in [0.1, 0.15) is 26.7 Å². The summed E-state index contributed by atoms with van der Waals surface area (Å²) in [5.41, 5.74) is 0. The van der Waals surface area contributed by atoms with Gasteiger partial charge in [0.2, 0.25) is 0 Å². The number of halogens is 1. The Hall–Kier alpha value is -1.20. The summed E-state index contributed by atoms with van der Waals surface area (Å²) in [6.07, 6.45) is 4.53. The van der Waals surface area contributed by atoms with Crippen LogP contribution in [0.4, 0.5) is 10.2 Å². The molecule has 0 N–H and O–H groups in total. The predicted molar refractivity (Wildman–Crippen MR) is 85.6 cm³/mol. The summed E-state index contributed by atoms with van der Waals surface area (Å²) in [7, 11) is 0. The standard InChI is InChI=1S/C17H26FN3O/c1-13-10-20(11-14(2)22-13)12-15-5-8-21(9-6-15)17-16(18)4-3-7-19-17/h3-4,7,13-15H,5-6,8-12H2,1-2H3/t13-,14-/m0/s1. The van der Waals surface area contributed by atoms with E-state index < -0.39 is 0 Å². The van der Waals surface area contributed by atoms with Gasteiger partial charge in [-0.05, 0) is 44.7 Å². The van der Waals surface area contributed by atoms with Crippen molar-refractivity contribution in [1.29, 1.82) is 0 Å². The third-order valence-electron chi connectivity index (χ3n) is 4.66. The average molecular weight is 307 g/mol. The molecule has 2 atom stereocenters. The highest BCUT2D eigenvalue weighted by molar-refractivity contribution is 5.39. The van der Waals surface area contributed by atoms with Crippen LogP contribution in [-0.4, -0.2) is 54.8 Å². The van der Waals surface area contributed by atoms with Crippen molar-refractivity contribution >= 4 is 5.82 Å². The number of piperidine rings is 1. The monoisotopic (exact) mass is 307 g/mol. The molecule has 2 aliphatic rings. The highest BCUT2D eigenvalue weighted by Gasteiger charge is 2.27. The van der Waals surface area contributed by atoms with Crippen LogP contribution in [0, 0.1) is 11.7 Å². The van der Waals surface area contributed by atoms with Gasteiger partial charge in [-0.2, -0.15) is 0 Å². The summed E-state index contributed by atoms with van der Waals surface area (Å²) >= 11 is 0. The van der Waals surface area contributed by atoms with E-state index in [4.69, 9.17) is 4.74 Å². The molecule has 0 saturated carbocycles. The van der Waals surface area contributed by atoms with E-state index in [9.17, 15) is 4.39 Å². The van der Waals surface area contributed by atoms with Crippen molar-refractivity contribution in [1.82, 2.24) is 9.88 Å². The molecular weight excluding hydrogens is 281 g/mol. The molecule has 2 saturated heterocycles. The number of nitrogens with zero attached hydrogens (tertiary/aromatic N) is 3. The maximum Gasteiger partial charge on any atom is 0.165 e. The van der Waals surface area contributed by atoms with Gasteiger partial charge >= 0.3 is 0 Å². The van der Waals surface area contributed by atoms with Gasteiger partial charge < -0.3 is 9.64 Å². The molecule has 0 spiro atoms. The molecule has 0 aliphatic carbocycles. The second-order valence-electron chi connectivity index (χ2n) is 6.72. The van der Waals surface area contributed by atoms with E-state index in [1.807, 2.05) is 0 Å². The van der Waals surface area contributed by atoms with Gasteiger partial charge in [-0.25, -0.2) is 9.37 Å². The number of rotatable bonds is 3. The second kappa shape index (κ2) is 6.92. The minimum Gasteiger partial charge on any atom is -0.373 e. The molecule has 0 bridgehead atoms. The van der Waals surface area contributed by atoms with E-state index in [2.05, 4.69) is 28.6 Å². The van der Waals surface area contributed by atoms with Crippen LogP contribution in [0.15, 0.2) is 18.3 Å². The topological polar surface area (TPSA) is 28.6 Å². The first-order valence-corrected chi connectivity index (χ1v) is 8.35. The minimum absolute atomic E-state index is 0.211. The smallest absolute Gasteiger partial charge is 0.165 e. The summed E-state index contributed by atoms with van der Waals surface area (Å²) < 4.78 is 19.6. The Balaban J connectivity index is 1.51. The molecule has 0 unspecified atom stereocenters. The van der Waals surface area contributed by atoms with E-state index in [1.165, 1.54) is 6.07 Å². The van der Waals surface area contributed by atoms with Crippen LogP contribution in [0.2, 0.25) is 0 Å². The van der Waals surface area contributed by atoms with Crippen molar-refractivity contribution in [2.45, 2.75) is 38.9 Å². The van der Waals surface area contributed by atoms with Gasteiger partial charge in [0.1, 0.15) is 0 Å². The van der Waals surface area contributed by atoms with Gasteiger partial charge in [-0.15, -0.1) is 0 Å². The molecule has 2 fully saturated rings.